The lowest BCUT2D eigenvalue weighted by Gasteiger charge is -2.39. The molecule has 1 amide bonds. The molecule has 1 heterocycles. The van der Waals surface area contributed by atoms with Crippen molar-refractivity contribution < 1.29 is 23.8 Å². The van der Waals surface area contributed by atoms with Crippen molar-refractivity contribution in [3.8, 4) is 5.75 Å². The summed E-state index contributed by atoms with van der Waals surface area (Å²) in [5.74, 6) is -1.63. The number of ether oxygens (including phenoxy) is 1. The molecule has 1 aromatic rings. The van der Waals surface area contributed by atoms with Gasteiger partial charge in [0.2, 0.25) is 0 Å². The summed E-state index contributed by atoms with van der Waals surface area (Å²) < 4.78 is 18.6. The maximum Gasteiger partial charge on any atom is 0.311 e. The number of carbonyl (C=O) groups excluding carboxylic acids is 1. The third kappa shape index (κ3) is 3.36. The van der Waals surface area contributed by atoms with E-state index in [1.807, 2.05) is 0 Å². The number of methoxy groups -OCH3 is 1. The Morgan fingerprint density at radius 1 is 1.52 bits per heavy atom. The molecule has 1 aliphatic rings. The molecule has 0 bridgehead atoms. The summed E-state index contributed by atoms with van der Waals surface area (Å²) in [6.45, 7) is 4.12. The summed E-state index contributed by atoms with van der Waals surface area (Å²) >= 11 is 0. The molecule has 0 aromatic heterocycles. The number of benzene rings is 1. The van der Waals surface area contributed by atoms with E-state index < -0.39 is 23.1 Å². The molecule has 124 valence electrons. The fraction of sp³-hybridized carbons (Fsp3) is 0.412. The molecular weight excluding hydrogens is 301 g/mol. The van der Waals surface area contributed by atoms with Gasteiger partial charge < -0.3 is 14.7 Å². The van der Waals surface area contributed by atoms with Gasteiger partial charge in [-0.25, -0.2) is 4.39 Å². The second-order valence-corrected chi connectivity index (χ2v) is 5.75. The molecule has 0 aliphatic carbocycles. The molecule has 0 spiro atoms. The molecule has 1 aromatic carbocycles. The van der Waals surface area contributed by atoms with Gasteiger partial charge in [-0.2, -0.15) is 0 Å². The topological polar surface area (TPSA) is 66.8 Å². The van der Waals surface area contributed by atoms with Crippen LogP contribution in [0.2, 0.25) is 0 Å². The number of carboxylic acid groups (broad SMARTS) is 1. The largest absolute Gasteiger partial charge is 0.496 e. The molecule has 5 nitrogen and oxygen atoms in total. The second kappa shape index (κ2) is 6.81. The predicted octanol–water partition coefficient (Wildman–Crippen LogP) is 2.72. The zero-order valence-corrected chi connectivity index (χ0v) is 13.0. The molecule has 1 aliphatic heterocycles. The van der Waals surface area contributed by atoms with E-state index in [-0.39, 0.29) is 24.3 Å². The number of nitrogens with zero attached hydrogens (tertiary/aromatic N) is 1. The molecule has 6 heteroatoms. The summed E-state index contributed by atoms with van der Waals surface area (Å²) in [6.07, 6.45) is 2.90. The molecule has 1 fully saturated rings. The van der Waals surface area contributed by atoms with Crippen LogP contribution in [-0.4, -0.2) is 42.1 Å². The number of allylic oxidation sites excluding steroid dienone is 1. The predicted molar refractivity (Wildman–Crippen MR) is 83.0 cm³/mol. The van der Waals surface area contributed by atoms with Crippen molar-refractivity contribution in [2.45, 2.75) is 19.3 Å². The first-order chi connectivity index (χ1) is 10.9. The van der Waals surface area contributed by atoms with Crippen molar-refractivity contribution in [3.63, 3.8) is 0 Å². The van der Waals surface area contributed by atoms with Gasteiger partial charge >= 0.3 is 5.97 Å². The number of aliphatic carboxylic acids is 1. The monoisotopic (exact) mass is 321 g/mol. The van der Waals surface area contributed by atoms with Crippen LogP contribution in [0.3, 0.4) is 0 Å². The Morgan fingerprint density at radius 2 is 2.26 bits per heavy atom. The van der Waals surface area contributed by atoms with Crippen LogP contribution in [0.5, 0.6) is 5.75 Å². The Hall–Kier alpha value is -2.37. The number of likely N-dealkylation sites (tertiary alicyclic amines) is 1. The van der Waals surface area contributed by atoms with E-state index in [1.165, 1.54) is 24.1 Å². The molecule has 1 N–H and O–H groups in total. The molecule has 1 atom stereocenters. The first-order valence-electron chi connectivity index (χ1n) is 7.40. The zero-order chi connectivity index (χ0) is 17.0. The smallest absolute Gasteiger partial charge is 0.311 e. The molecule has 0 radical (unpaired) electrons. The van der Waals surface area contributed by atoms with Gasteiger partial charge in [-0.3, -0.25) is 9.59 Å². The van der Waals surface area contributed by atoms with Gasteiger partial charge in [0, 0.05) is 13.1 Å². The van der Waals surface area contributed by atoms with Gasteiger partial charge in [-0.1, -0.05) is 6.08 Å². The highest BCUT2D eigenvalue weighted by Gasteiger charge is 2.43. The Labute approximate surface area is 134 Å². The Bertz CT molecular complexity index is 631. The second-order valence-electron chi connectivity index (χ2n) is 5.75. The molecule has 0 saturated carbocycles. The van der Waals surface area contributed by atoms with Crippen LogP contribution in [0, 0.1) is 11.2 Å². The van der Waals surface area contributed by atoms with Gasteiger partial charge in [0.15, 0.2) is 0 Å². The van der Waals surface area contributed by atoms with Gasteiger partial charge in [0.1, 0.15) is 11.6 Å². The highest BCUT2D eigenvalue weighted by molar-refractivity contribution is 5.97. The minimum atomic E-state index is -1.03. The van der Waals surface area contributed by atoms with E-state index in [4.69, 9.17) is 4.74 Å². The van der Waals surface area contributed by atoms with E-state index in [9.17, 15) is 19.1 Å². The standard InChI is InChI=1S/C17H20FNO4/c1-3-7-17(16(21)22)8-4-9-19(11-17)15(20)13-10-12(18)5-6-14(13)23-2/h3,5-6,10H,1,4,7-9,11H2,2H3,(H,21,22)/t17-/m1/s1. The zero-order valence-electron chi connectivity index (χ0n) is 13.0. The summed E-state index contributed by atoms with van der Waals surface area (Å²) in [6, 6.07) is 3.72. The average Bonchev–Trinajstić information content (AvgIpc) is 2.54. The number of carbonyl (C=O) groups is 2. The molecule has 0 unspecified atom stereocenters. The van der Waals surface area contributed by atoms with E-state index in [0.717, 1.165) is 6.07 Å². The quantitative estimate of drug-likeness (QED) is 0.847. The van der Waals surface area contributed by atoms with Crippen LogP contribution < -0.4 is 4.74 Å². The molecule has 1 saturated heterocycles. The van der Waals surface area contributed by atoms with Crippen molar-refractivity contribution in [1.29, 1.82) is 0 Å². The first-order valence-corrected chi connectivity index (χ1v) is 7.40. The number of rotatable bonds is 5. The van der Waals surface area contributed by atoms with E-state index in [2.05, 4.69) is 6.58 Å². The van der Waals surface area contributed by atoms with Crippen molar-refractivity contribution in [2.24, 2.45) is 5.41 Å². The highest BCUT2D eigenvalue weighted by atomic mass is 19.1. The van der Waals surface area contributed by atoms with Crippen LogP contribution in [0.1, 0.15) is 29.6 Å². The Balaban J connectivity index is 2.31. The maximum atomic E-state index is 13.5. The summed E-state index contributed by atoms with van der Waals surface area (Å²) in [5, 5.41) is 9.56. The lowest BCUT2D eigenvalue weighted by molar-refractivity contribution is -0.151. The van der Waals surface area contributed by atoms with Crippen molar-refractivity contribution in [1.82, 2.24) is 4.90 Å². The summed E-state index contributed by atoms with van der Waals surface area (Å²) in [5.41, 5.74) is -0.928. The van der Waals surface area contributed by atoms with Crippen LogP contribution in [0.15, 0.2) is 30.9 Å². The number of hydrogen-bond acceptors (Lipinski definition) is 3. The van der Waals surface area contributed by atoms with Crippen LogP contribution in [-0.2, 0) is 4.79 Å². The molecular formula is C17H20FNO4. The third-order valence-corrected chi connectivity index (χ3v) is 4.24. The minimum absolute atomic E-state index is 0.0762. The van der Waals surface area contributed by atoms with Gasteiger partial charge in [-0.15, -0.1) is 6.58 Å². The van der Waals surface area contributed by atoms with Crippen LogP contribution >= 0.6 is 0 Å². The van der Waals surface area contributed by atoms with Gasteiger partial charge in [0.25, 0.3) is 5.91 Å². The number of piperidine rings is 1. The van der Waals surface area contributed by atoms with Gasteiger partial charge in [0.05, 0.1) is 18.1 Å². The minimum Gasteiger partial charge on any atom is -0.496 e. The SMILES string of the molecule is C=CC[C@@]1(C(=O)O)CCCN(C(=O)c2cc(F)ccc2OC)C1. The van der Waals surface area contributed by atoms with Crippen LogP contribution in [0.4, 0.5) is 4.39 Å². The Kier molecular flexibility index (Phi) is 5.03. The normalized spacial score (nSPS) is 20.9. The van der Waals surface area contributed by atoms with E-state index in [1.54, 1.807) is 6.08 Å². The number of carboxylic acids is 1. The fourth-order valence-electron chi connectivity index (χ4n) is 3.03. The highest BCUT2D eigenvalue weighted by Crippen LogP contribution is 2.35. The molecule has 2 rings (SSSR count). The number of amides is 1. The van der Waals surface area contributed by atoms with Crippen molar-refractivity contribution >= 4 is 11.9 Å². The fourth-order valence-corrected chi connectivity index (χ4v) is 3.03. The summed E-state index contributed by atoms with van der Waals surface area (Å²) in [4.78, 5) is 25.8. The van der Waals surface area contributed by atoms with Crippen molar-refractivity contribution in [3.05, 3.63) is 42.2 Å². The first kappa shape index (κ1) is 17.0. The lowest BCUT2D eigenvalue weighted by atomic mass is 9.77. The van der Waals surface area contributed by atoms with E-state index >= 15 is 0 Å². The average molecular weight is 321 g/mol. The third-order valence-electron chi connectivity index (χ3n) is 4.24. The lowest BCUT2D eigenvalue weighted by Crippen LogP contribution is -2.49. The van der Waals surface area contributed by atoms with Gasteiger partial charge in [-0.05, 0) is 37.5 Å². The summed E-state index contributed by atoms with van der Waals surface area (Å²) in [7, 11) is 1.40. The maximum absolute atomic E-state index is 13.5. The van der Waals surface area contributed by atoms with Crippen LogP contribution in [0.25, 0.3) is 0 Å². The number of hydrogen-bond donors (Lipinski definition) is 1. The molecule has 23 heavy (non-hydrogen) atoms. The Morgan fingerprint density at radius 3 is 2.87 bits per heavy atom. The van der Waals surface area contributed by atoms with Crippen molar-refractivity contribution in [2.75, 3.05) is 20.2 Å². The van der Waals surface area contributed by atoms with E-state index in [0.29, 0.717) is 19.4 Å². The number of halogens is 1.